The van der Waals surface area contributed by atoms with Crippen molar-refractivity contribution in [1.82, 2.24) is 5.32 Å². The van der Waals surface area contributed by atoms with Crippen LogP contribution >= 0.6 is 47.0 Å². The predicted molar refractivity (Wildman–Crippen MR) is 119 cm³/mol. The van der Waals surface area contributed by atoms with Crippen molar-refractivity contribution in [3.05, 3.63) is 62.6 Å². The Bertz CT molecular complexity index is 1120. The first kappa shape index (κ1) is 22.0. The number of benzene rings is 2. The number of rotatable bonds is 5. The summed E-state index contributed by atoms with van der Waals surface area (Å²) in [6.07, 6.45) is 1.34. The van der Waals surface area contributed by atoms with E-state index in [1.165, 1.54) is 18.2 Å². The lowest BCUT2D eigenvalue weighted by Crippen LogP contribution is -2.54. The van der Waals surface area contributed by atoms with Gasteiger partial charge in [0, 0.05) is 0 Å². The average molecular weight is 485 g/mol. The Kier molecular flexibility index (Phi) is 6.62. The van der Waals surface area contributed by atoms with Gasteiger partial charge >= 0.3 is 0 Å². The summed E-state index contributed by atoms with van der Waals surface area (Å²) in [4.78, 5) is 37.4. The Morgan fingerprint density at radius 1 is 1.17 bits per heavy atom. The van der Waals surface area contributed by atoms with E-state index in [0.717, 1.165) is 4.90 Å². The van der Waals surface area contributed by atoms with E-state index in [4.69, 9.17) is 57.5 Å². The summed E-state index contributed by atoms with van der Waals surface area (Å²) in [5.74, 6) is -1.79. The number of anilines is 1. The van der Waals surface area contributed by atoms with Gasteiger partial charge in [-0.05, 0) is 48.1 Å². The number of ether oxygens (including phenoxy) is 1. The lowest BCUT2D eigenvalue weighted by atomic mass is 10.1. The minimum absolute atomic E-state index is 0.115. The Labute approximate surface area is 191 Å². The highest BCUT2D eigenvalue weighted by Crippen LogP contribution is 2.34. The number of thiocarbonyl (C=S) groups is 1. The summed E-state index contributed by atoms with van der Waals surface area (Å²) in [5.41, 5.74) is 5.52. The molecule has 2 aromatic rings. The minimum atomic E-state index is -0.682. The molecule has 30 heavy (non-hydrogen) atoms. The molecule has 7 nitrogen and oxygen atoms in total. The normalized spacial score (nSPS) is 15.4. The summed E-state index contributed by atoms with van der Waals surface area (Å²) in [5, 5.41) is 2.84. The molecular weight excluding hydrogens is 473 g/mol. The van der Waals surface area contributed by atoms with Gasteiger partial charge in [0.25, 0.3) is 17.7 Å². The van der Waals surface area contributed by atoms with Gasteiger partial charge in [-0.15, -0.1) is 0 Å². The second-order valence-corrected chi connectivity index (χ2v) is 7.55. The van der Waals surface area contributed by atoms with Crippen LogP contribution in [0.5, 0.6) is 5.75 Å². The van der Waals surface area contributed by atoms with Crippen LogP contribution in [0.2, 0.25) is 15.1 Å². The summed E-state index contributed by atoms with van der Waals surface area (Å²) in [6.45, 7) is -0.339. The van der Waals surface area contributed by atoms with Crippen molar-refractivity contribution in [2.45, 2.75) is 0 Å². The van der Waals surface area contributed by atoms with E-state index in [1.807, 2.05) is 0 Å². The largest absolute Gasteiger partial charge is 0.482 e. The number of nitrogens with one attached hydrogen (secondary N) is 1. The Morgan fingerprint density at radius 3 is 2.57 bits per heavy atom. The summed E-state index contributed by atoms with van der Waals surface area (Å²) in [7, 11) is 0. The number of amides is 3. The molecule has 1 heterocycles. The molecule has 154 valence electrons. The first-order chi connectivity index (χ1) is 14.2. The molecule has 11 heteroatoms. The number of primary amides is 1. The van der Waals surface area contributed by atoms with Gasteiger partial charge in [-0.3, -0.25) is 24.6 Å². The molecule has 3 N–H and O–H groups in total. The Morgan fingerprint density at radius 2 is 1.90 bits per heavy atom. The highest BCUT2D eigenvalue weighted by Gasteiger charge is 2.35. The van der Waals surface area contributed by atoms with Crippen LogP contribution in [0.15, 0.2) is 42.0 Å². The van der Waals surface area contributed by atoms with Gasteiger partial charge in [0.2, 0.25) is 0 Å². The second kappa shape index (κ2) is 9.01. The van der Waals surface area contributed by atoms with Crippen LogP contribution in [0.25, 0.3) is 6.08 Å². The van der Waals surface area contributed by atoms with E-state index in [9.17, 15) is 14.4 Å². The Balaban J connectivity index is 1.96. The molecule has 0 spiro atoms. The number of hydrogen-bond donors (Lipinski definition) is 2. The van der Waals surface area contributed by atoms with E-state index in [0.29, 0.717) is 5.56 Å². The van der Waals surface area contributed by atoms with Gasteiger partial charge in [-0.1, -0.05) is 46.9 Å². The molecule has 1 aliphatic rings. The summed E-state index contributed by atoms with van der Waals surface area (Å²) < 4.78 is 5.17. The number of halogens is 3. The van der Waals surface area contributed by atoms with Crippen LogP contribution in [0, 0.1) is 0 Å². The van der Waals surface area contributed by atoms with Gasteiger partial charge in [-0.25, -0.2) is 0 Å². The highest BCUT2D eigenvalue weighted by molar-refractivity contribution is 7.80. The predicted octanol–water partition coefficient (Wildman–Crippen LogP) is 3.34. The van der Waals surface area contributed by atoms with Gasteiger partial charge in [0.1, 0.15) is 11.3 Å². The van der Waals surface area contributed by atoms with E-state index < -0.39 is 17.7 Å². The quantitative estimate of drug-likeness (QED) is 0.385. The van der Waals surface area contributed by atoms with E-state index in [-0.39, 0.29) is 43.8 Å². The van der Waals surface area contributed by atoms with E-state index in [1.54, 1.807) is 24.3 Å². The lowest BCUT2D eigenvalue weighted by Gasteiger charge is -2.29. The van der Waals surface area contributed by atoms with Crippen LogP contribution in [-0.4, -0.2) is 29.4 Å². The van der Waals surface area contributed by atoms with Crippen LogP contribution in [-0.2, 0) is 14.4 Å². The van der Waals surface area contributed by atoms with Crippen LogP contribution in [0.3, 0.4) is 0 Å². The maximum absolute atomic E-state index is 13.0. The van der Waals surface area contributed by atoms with Crippen LogP contribution < -0.4 is 20.7 Å². The van der Waals surface area contributed by atoms with Crippen LogP contribution in [0.1, 0.15) is 5.56 Å². The number of nitrogens with two attached hydrogens (primary N) is 1. The van der Waals surface area contributed by atoms with Gasteiger partial charge in [0.15, 0.2) is 11.7 Å². The lowest BCUT2D eigenvalue weighted by molar-refractivity contribution is -0.122. The summed E-state index contributed by atoms with van der Waals surface area (Å²) >= 11 is 23.5. The molecule has 0 radical (unpaired) electrons. The maximum Gasteiger partial charge on any atom is 0.270 e. The summed E-state index contributed by atoms with van der Waals surface area (Å²) in [6, 6.07) is 9.22. The average Bonchev–Trinajstić information content (AvgIpc) is 2.67. The first-order valence-corrected chi connectivity index (χ1v) is 9.79. The third kappa shape index (κ3) is 4.57. The molecule has 0 saturated carbocycles. The third-order valence-corrected chi connectivity index (χ3v) is 5.30. The fraction of sp³-hybridized carbons (Fsp3) is 0.0526. The number of nitrogens with zero attached hydrogens (tertiary/aromatic N) is 1. The monoisotopic (exact) mass is 483 g/mol. The van der Waals surface area contributed by atoms with Crippen molar-refractivity contribution < 1.29 is 19.1 Å². The minimum Gasteiger partial charge on any atom is -0.482 e. The van der Waals surface area contributed by atoms with E-state index in [2.05, 4.69) is 5.32 Å². The molecular formula is C19H12Cl3N3O4S. The molecule has 3 amide bonds. The van der Waals surface area contributed by atoms with E-state index >= 15 is 0 Å². The van der Waals surface area contributed by atoms with Crippen molar-refractivity contribution in [3.8, 4) is 5.75 Å². The zero-order chi connectivity index (χ0) is 22.0. The highest BCUT2D eigenvalue weighted by atomic mass is 35.5. The smallest absolute Gasteiger partial charge is 0.270 e. The molecule has 0 bridgehead atoms. The number of carbonyl (C=O) groups excluding carboxylic acids is 3. The standard InChI is InChI=1S/C19H12Cl3N3O4S/c20-11-2-1-3-13(16(11)22)25-18(28)10(17(27)24-19(25)30)6-9-4-5-14(12(21)7-9)29-8-15(23)26/h1-7H,8H2,(H2,23,26)(H,24,27,30). The maximum atomic E-state index is 13.0. The van der Waals surface area contributed by atoms with Crippen molar-refractivity contribution in [3.63, 3.8) is 0 Å². The molecule has 1 aliphatic heterocycles. The Hall–Kier alpha value is -2.65. The molecule has 0 aliphatic carbocycles. The topological polar surface area (TPSA) is 102 Å². The third-order valence-electron chi connectivity index (χ3n) is 3.91. The fourth-order valence-corrected chi connectivity index (χ4v) is 3.48. The molecule has 0 aromatic heterocycles. The molecule has 0 atom stereocenters. The van der Waals surface area contributed by atoms with Gasteiger partial charge in [-0.2, -0.15) is 0 Å². The van der Waals surface area contributed by atoms with Crippen LogP contribution in [0.4, 0.5) is 5.69 Å². The molecule has 1 fully saturated rings. The molecule has 2 aromatic carbocycles. The van der Waals surface area contributed by atoms with Gasteiger partial charge < -0.3 is 10.5 Å². The molecule has 3 rings (SSSR count). The SMILES string of the molecule is NC(=O)COc1ccc(C=C2C(=O)NC(=S)N(c3cccc(Cl)c3Cl)C2=O)cc1Cl. The number of hydrogen-bond acceptors (Lipinski definition) is 5. The molecule has 0 unspecified atom stereocenters. The molecule has 1 saturated heterocycles. The zero-order valence-corrected chi connectivity index (χ0v) is 18.0. The zero-order valence-electron chi connectivity index (χ0n) is 14.9. The first-order valence-electron chi connectivity index (χ1n) is 8.25. The van der Waals surface area contributed by atoms with Crippen molar-refractivity contribution >= 4 is 81.6 Å². The van der Waals surface area contributed by atoms with Crippen molar-refractivity contribution in [2.75, 3.05) is 11.5 Å². The van der Waals surface area contributed by atoms with Gasteiger partial charge in [0.05, 0.1) is 20.8 Å². The second-order valence-electron chi connectivity index (χ2n) is 5.98. The fourth-order valence-electron chi connectivity index (χ4n) is 2.58. The van der Waals surface area contributed by atoms with Crippen molar-refractivity contribution in [2.24, 2.45) is 5.73 Å². The number of carbonyl (C=O) groups is 3. The van der Waals surface area contributed by atoms with Crippen molar-refractivity contribution in [1.29, 1.82) is 0 Å².